The molecule has 29 heavy (non-hydrogen) atoms. The maximum Gasteiger partial charge on any atom is 0.356 e. The van der Waals surface area contributed by atoms with Crippen molar-refractivity contribution in [2.24, 2.45) is 0 Å². The first-order valence-corrected chi connectivity index (χ1v) is 8.70. The third-order valence-electron chi connectivity index (χ3n) is 4.60. The molecule has 0 amide bonds. The Balaban J connectivity index is 2.01. The number of carboxylic acids is 1. The Morgan fingerprint density at radius 3 is 2.03 bits per heavy atom. The Morgan fingerprint density at radius 2 is 1.52 bits per heavy atom. The minimum absolute atomic E-state index is 0.217. The van der Waals surface area contributed by atoms with Crippen LogP contribution in [0.25, 0.3) is 28.0 Å². The predicted molar refractivity (Wildman–Crippen MR) is 107 cm³/mol. The second-order valence-corrected chi connectivity index (χ2v) is 6.27. The van der Waals surface area contributed by atoms with Crippen LogP contribution in [0.4, 0.5) is 0 Å². The van der Waals surface area contributed by atoms with Crippen LogP contribution in [0.5, 0.6) is 11.5 Å². The molecule has 0 spiro atoms. The number of aromatic nitrogens is 3. The molecule has 0 radical (unpaired) electrons. The molecule has 2 heterocycles. The SMILES string of the molecule is COc1ccc(-c2[nH]c3cc(C(=O)O)nn3c(=O)c2-c2ccc(OC)cc2)cc1. The van der Waals surface area contributed by atoms with Crippen LogP contribution in [0, 0.1) is 0 Å². The highest BCUT2D eigenvalue weighted by Crippen LogP contribution is 2.30. The van der Waals surface area contributed by atoms with Crippen molar-refractivity contribution < 1.29 is 19.4 Å². The van der Waals surface area contributed by atoms with Gasteiger partial charge in [0.1, 0.15) is 17.1 Å². The Morgan fingerprint density at radius 1 is 0.966 bits per heavy atom. The molecule has 0 aliphatic carbocycles. The van der Waals surface area contributed by atoms with E-state index in [1.807, 2.05) is 12.1 Å². The highest BCUT2D eigenvalue weighted by Gasteiger charge is 2.19. The van der Waals surface area contributed by atoms with Crippen molar-refractivity contribution in [2.45, 2.75) is 0 Å². The van der Waals surface area contributed by atoms with Crippen molar-refractivity contribution >= 4 is 11.6 Å². The molecule has 8 heteroatoms. The molecule has 2 N–H and O–H groups in total. The molecule has 0 aliphatic heterocycles. The van der Waals surface area contributed by atoms with Crippen LogP contribution in [0.2, 0.25) is 0 Å². The highest BCUT2D eigenvalue weighted by atomic mass is 16.5. The van der Waals surface area contributed by atoms with Crippen molar-refractivity contribution in [3.63, 3.8) is 0 Å². The summed E-state index contributed by atoms with van der Waals surface area (Å²) >= 11 is 0. The Hall–Kier alpha value is -4.07. The number of aromatic amines is 1. The molecule has 2 aromatic carbocycles. The predicted octanol–water partition coefficient (Wildman–Crippen LogP) is 3.07. The smallest absolute Gasteiger partial charge is 0.356 e. The summed E-state index contributed by atoms with van der Waals surface area (Å²) in [5, 5.41) is 13.2. The summed E-state index contributed by atoms with van der Waals surface area (Å²) in [7, 11) is 3.14. The lowest BCUT2D eigenvalue weighted by atomic mass is 10.00. The number of benzene rings is 2. The van der Waals surface area contributed by atoms with Gasteiger partial charge in [0.25, 0.3) is 5.56 Å². The molecule has 4 rings (SSSR count). The Bertz CT molecular complexity index is 1250. The lowest BCUT2D eigenvalue weighted by Crippen LogP contribution is -2.19. The zero-order valence-electron chi connectivity index (χ0n) is 15.7. The van der Waals surface area contributed by atoms with E-state index in [1.165, 1.54) is 6.07 Å². The third-order valence-corrected chi connectivity index (χ3v) is 4.60. The van der Waals surface area contributed by atoms with E-state index < -0.39 is 11.5 Å². The summed E-state index contributed by atoms with van der Waals surface area (Å²) in [6.07, 6.45) is 0. The summed E-state index contributed by atoms with van der Waals surface area (Å²) < 4.78 is 11.5. The van der Waals surface area contributed by atoms with Crippen molar-refractivity contribution in [3.8, 4) is 33.9 Å². The van der Waals surface area contributed by atoms with Crippen molar-refractivity contribution in [3.05, 3.63) is 70.6 Å². The van der Waals surface area contributed by atoms with E-state index in [2.05, 4.69) is 10.1 Å². The number of carboxylic acid groups (broad SMARTS) is 1. The minimum Gasteiger partial charge on any atom is -0.497 e. The van der Waals surface area contributed by atoms with Gasteiger partial charge in [-0.25, -0.2) is 4.79 Å². The van der Waals surface area contributed by atoms with Gasteiger partial charge in [0.15, 0.2) is 5.69 Å². The van der Waals surface area contributed by atoms with Crippen LogP contribution < -0.4 is 15.0 Å². The summed E-state index contributed by atoms with van der Waals surface area (Å²) in [5.41, 5.74) is 1.95. The number of carbonyl (C=O) groups is 1. The van der Waals surface area contributed by atoms with E-state index in [1.54, 1.807) is 50.6 Å². The first kappa shape index (κ1) is 18.3. The molecule has 4 aromatic rings. The maximum atomic E-state index is 13.3. The van der Waals surface area contributed by atoms with Crippen LogP contribution in [0.15, 0.2) is 59.4 Å². The standard InChI is InChI=1S/C21H17N3O5/c1-28-14-7-3-12(4-8-14)18-19(13-5-9-15(29-2)10-6-13)22-17-11-16(21(26)27)23-24(17)20(18)25/h3-11,22H,1-2H3,(H,26,27). The zero-order valence-corrected chi connectivity index (χ0v) is 15.7. The zero-order chi connectivity index (χ0) is 20.5. The second-order valence-electron chi connectivity index (χ2n) is 6.27. The molecule has 146 valence electrons. The van der Waals surface area contributed by atoms with Gasteiger partial charge in [0.2, 0.25) is 0 Å². The number of rotatable bonds is 5. The van der Waals surface area contributed by atoms with Gasteiger partial charge in [-0.2, -0.15) is 9.61 Å². The highest BCUT2D eigenvalue weighted by molar-refractivity contribution is 5.87. The van der Waals surface area contributed by atoms with E-state index in [0.717, 1.165) is 10.1 Å². The van der Waals surface area contributed by atoms with E-state index in [4.69, 9.17) is 9.47 Å². The van der Waals surface area contributed by atoms with Crippen LogP contribution in [-0.4, -0.2) is 39.9 Å². The molecule has 0 atom stereocenters. The number of hydrogen-bond acceptors (Lipinski definition) is 5. The van der Waals surface area contributed by atoms with E-state index in [9.17, 15) is 14.7 Å². The van der Waals surface area contributed by atoms with E-state index in [-0.39, 0.29) is 11.3 Å². The average molecular weight is 391 g/mol. The van der Waals surface area contributed by atoms with Gasteiger partial charge in [0.05, 0.1) is 25.5 Å². The third kappa shape index (κ3) is 3.20. The molecule has 0 fully saturated rings. The van der Waals surface area contributed by atoms with Gasteiger partial charge in [-0.3, -0.25) is 4.79 Å². The second kappa shape index (κ2) is 7.16. The Kier molecular flexibility index (Phi) is 4.52. The number of nitrogens with one attached hydrogen (secondary N) is 1. The fraction of sp³-hybridized carbons (Fsp3) is 0.0952. The van der Waals surface area contributed by atoms with Gasteiger partial charge in [-0.05, 0) is 47.5 Å². The van der Waals surface area contributed by atoms with Gasteiger partial charge >= 0.3 is 5.97 Å². The molecule has 0 aliphatic rings. The molecular weight excluding hydrogens is 374 g/mol. The fourth-order valence-electron chi connectivity index (χ4n) is 3.13. The van der Waals surface area contributed by atoms with Gasteiger partial charge in [-0.1, -0.05) is 12.1 Å². The van der Waals surface area contributed by atoms with Crippen LogP contribution in [0.1, 0.15) is 10.5 Å². The van der Waals surface area contributed by atoms with Gasteiger partial charge in [-0.15, -0.1) is 0 Å². The number of ether oxygens (including phenoxy) is 2. The van der Waals surface area contributed by atoms with Gasteiger partial charge < -0.3 is 19.6 Å². The maximum absolute atomic E-state index is 13.3. The number of aromatic carboxylic acids is 1. The fourth-order valence-corrected chi connectivity index (χ4v) is 3.13. The number of hydrogen-bond donors (Lipinski definition) is 2. The monoisotopic (exact) mass is 391 g/mol. The topological polar surface area (TPSA) is 106 Å². The number of methoxy groups -OCH3 is 2. The molecule has 0 saturated heterocycles. The summed E-state index contributed by atoms with van der Waals surface area (Å²) in [6, 6.07) is 15.6. The molecule has 0 bridgehead atoms. The molecule has 0 saturated carbocycles. The van der Waals surface area contributed by atoms with Gasteiger partial charge in [0, 0.05) is 6.07 Å². The van der Waals surface area contributed by atoms with Crippen molar-refractivity contribution in [2.75, 3.05) is 14.2 Å². The van der Waals surface area contributed by atoms with Crippen LogP contribution in [-0.2, 0) is 0 Å². The number of nitrogens with zero attached hydrogens (tertiary/aromatic N) is 2. The summed E-state index contributed by atoms with van der Waals surface area (Å²) in [5.74, 6) is 0.128. The number of H-pyrrole nitrogens is 1. The Labute approximate surface area is 165 Å². The van der Waals surface area contributed by atoms with Crippen molar-refractivity contribution in [1.82, 2.24) is 14.6 Å². The lowest BCUT2D eigenvalue weighted by Gasteiger charge is -2.12. The molecular formula is C21H17N3O5. The van der Waals surface area contributed by atoms with E-state index in [0.29, 0.717) is 28.3 Å². The normalized spacial score (nSPS) is 10.8. The van der Waals surface area contributed by atoms with Crippen molar-refractivity contribution in [1.29, 1.82) is 0 Å². The van der Waals surface area contributed by atoms with Crippen LogP contribution in [0.3, 0.4) is 0 Å². The molecule has 0 unspecified atom stereocenters. The lowest BCUT2D eigenvalue weighted by molar-refractivity contribution is 0.0690. The first-order valence-electron chi connectivity index (χ1n) is 8.70. The molecule has 8 nitrogen and oxygen atoms in total. The summed E-state index contributed by atoms with van der Waals surface area (Å²) in [4.78, 5) is 27.7. The minimum atomic E-state index is -1.21. The first-order chi connectivity index (χ1) is 14.0. The van der Waals surface area contributed by atoms with Crippen LogP contribution >= 0.6 is 0 Å². The molecule has 2 aromatic heterocycles. The largest absolute Gasteiger partial charge is 0.497 e. The summed E-state index contributed by atoms with van der Waals surface area (Å²) in [6.45, 7) is 0. The van der Waals surface area contributed by atoms with E-state index >= 15 is 0 Å². The average Bonchev–Trinajstić information content (AvgIpc) is 3.19. The quantitative estimate of drug-likeness (QED) is 0.542. The number of fused-ring (bicyclic) bond motifs is 1.